The van der Waals surface area contributed by atoms with E-state index in [0.717, 1.165) is 16.3 Å². The van der Waals surface area contributed by atoms with Crippen LogP contribution in [0.1, 0.15) is 10.4 Å². The van der Waals surface area contributed by atoms with E-state index in [4.69, 9.17) is 10.8 Å². The van der Waals surface area contributed by atoms with Crippen LogP contribution in [0.5, 0.6) is 0 Å². The van der Waals surface area contributed by atoms with Crippen LogP contribution in [-0.2, 0) is 0 Å². The Bertz CT molecular complexity index is 775. The molecule has 1 aromatic heterocycles. The maximum Gasteiger partial charge on any atom is 0.339 e. The van der Waals surface area contributed by atoms with E-state index in [1.165, 1.54) is 0 Å². The standard InChI is InChI=1S/C15H12N2O2/c16-14-12(15(18)19)8-13(17-14)11-6-5-9-3-1-2-4-10(9)7-11/h1-8,17H,16H2,(H,18,19). The Morgan fingerprint density at radius 3 is 2.47 bits per heavy atom. The van der Waals surface area contributed by atoms with Crippen LogP contribution in [0.4, 0.5) is 5.82 Å². The third kappa shape index (κ3) is 1.93. The van der Waals surface area contributed by atoms with E-state index >= 15 is 0 Å². The maximum absolute atomic E-state index is 11.0. The molecule has 0 aliphatic rings. The molecule has 0 atom stereocenters. The number of fused-ring (bicyclic) bond motifs is 1. The number of rotatable bonds is 2. The highest BCUT2D eigenvalue weighted by Gasteiger charge is 2.13. The number of H-pyrrole nitrogens is 1. The Morgan fingerprint density at radius 1 is 1.05 bits per heavy atom. The summed E-state index contributed by atoms with van der Waals surface area (Å²) in [4.78, 5) is 13.9. The second-order valence-electron chi connectivity index (χ2n) is 4.38. The molecule has 1 heterocycles. The Labute approximate surface area is 109 Å². The fourth-order valence-electron chi connectivity index (χ4n) is 2.16. The molecular formula is C15H12N2O2. The van der Waals surface area contributed by atoms with Gasteiger partial charge in [-0.3, -0.25) is 0 Å². The number of nitrogen functional groups attached to an aromatic ring is 1. The molecule has 0 fully saturated rings. The highest BCUT2D eigenvalue weighted by Crippen LogP contribution is 2.26. The number of hydrogen-bond donors (Lipinski definition) is 3. The predicted octanol–water partition coefficient (Wildman–Crippen LogP) is 3.12. The fourth-order valence-corrected chi connectivity index (χ4v) is 2.16. The molecule has 2 aromatic carbocycles. The van der Waals surface area contributed by atoms with Crippen molar-refractivity contribution in [3.05, 3.63) is 54.1 Å². The van der Waals surface area contributed by atoms with Crippen LogP contribution >= 0.6 is 0 Å². The SMILES string of the molecule is Nc1[nH]c(-c2ccc3ccccc3c2)cc1C(=O)O. The van der Waals surface area contributed by atoms with Crippen LogP contribution in [0.15, 0.2) is 48.5 Å². The smallest absolute Gasteiger partial charge is 0.339 e. The molecule has 94 valence electrons. The van der Waals surface area contributed by atoms with Gasteiger partial charge in [0.15, 0.2) is 0 Å². The van der Waals surface area contributed by atoms with Crippen molar-refractivity contribution in [3.8, 4) is 11.3 Å². The molecule has 0 spiro atoms. The molecule has 0 saturated carbocycles. The fraction of sp³-hybridized carbons (Fsp3) is 0. The van der Waals surface area contributed by atoms with Crippen molar-refractivity contribution in [1.29, 1.82) is 0 Å². The van der Waals surface area contributed by atoms with Gasteiger partial charge in [0.25, 0.3) is 0 Å². The van der Waals surface area contributed by atoms with Crippen molar-refractivity contribution in [2.75, 3.05) is 5.73 Å². The van der Waals surface area contributed by atoms with Gasteiger partial charge in [0.05, 0.1) is 0 Å². The molecule has 0 aliphatic heterocycles. The average molecular weight is 252 g/mol. The van der Waals surface area contributed by atoms with Crippen molar-refractivity contribution in [2.24, 2.45) is 0 Å². The largest absolute Gasteiger partial charge is 0.478 e. The lowest BCUT2D eigenvalue weighted by molar-refractivity contribution is 0.0698. The molecule has 3 aromatic rings. The van der Waals surface area contributed by atoms with Crippen LogP contribution in [0.2, 0.25) is 0 Å². The van der Waals surface area contributed by atoms with E-state index in [1.807, 2.05) is 42.5 Å². The van der Waals surface area contributed by atoms with E-state index in [9.17, 15) is 4.79 Å². The van der Waals surface area contributed by atoms with Gasteiger partial charge in [0.1, 0.15) is 11.4 Å². The van der Waals surface area contributed by atoms with Crippen LogP contribution in [0, 0.1) is 0 Å². The summed E-state index contributed by atoms with van der Waals surface area (Å²) in [6.07, 6.45) is 0. The van der Waals surface area contributed by atoms with Crippen molar-refractivity contribution in [2.45, 2.75) is 0 Å². The number of benzene rings is 2. The molecule has 3 rings (SSSR count). The quantitative estimate of drug-likeness (QED) is 0.655. The Hall–Kier alpha value is -2.75. The first-order valence-corrected chi connectivity index (χ1v) is 5.86. The molecular weight excluding hydrogens is 240 g/mol. The van der Waals surface area contributed by atoms with Gasteiger partial charge in [-0.05, 0) is 28.5 Å². The molecule has 0 saturated heterocycles. The van der Waals surface area contributed by atoms with Crippen molar-refractivity contribution < 1.29 is 9.90 Å². The summed E-state index contributed by atoms with van der Waals surface area (Å²) in [6, 6.07) is 15.5. The first kappa shape index (κ1) is 11.3. The minimum absolute atomic E-state index is 0.100. The molecule has 0 unspecified atom stereocenters. The first-order valence-electron chi connectivity index (χ1n) is 5.86. The van der Waals surface area contributed by atoms with Gasteiger partial charge in [0.2, 0.25) is 0 Å². The number of nitrogens with one attached hydrogen (secondary N) is 1. The van der Waals surface area contributed by atoms with Gasteiger partial charge < -0.3 is 15.8 Å². The molecule has 0 bridgehead atoms. The van der Waals surface area contributed by atoms with E-state index in [0.29, 0.717) is 5.69 Å². The second kappa shape index (κ2) is 4.17. The number of carboxylic acids is 1. The average Bonchev–Trinajstić information content (AvgIpc) is 2.80. The number of nitrogens with two attached hydrogens (primary N) is 1. The summed E-state index contributed by atoms with van der Waals surface area (Å²) in [5.41, 5.74) is 7.38. The van der Waals surface area contributed by atoms with Gasteiger partial charge in [-0.2, -0.15) is 0 Å². The lowest BCUT2D eigenvalue weighted by Gasteiger charge is -2.01. The lowest BCUT2D eigenvalue weighted by Crippen LogP contribution is -1.98. The Kier molecular flexibility index (Phi) is 2.49. The zero-order chi connectivity index (χ0) is 13.4. The minimum atomic E-state index is -1.03. The van der Waals surface area contributed by atoms with Crippen LogP contribution < -0.4 is 5.73 Å². The van der Waals surface area contributed by atoms with Gasteiger partial charge in [-0.1, -0.05) is 36.4 Å². The van der Waals surface area contributed by atoms with E-state index in [1.54, 1.807) is 6.07 Å². The van der Waals surface area contributed by atoms with Crippen molar-refractivity contribution in [3.63, 3.8) is 0 Å². The third-order valence-electron chi connectivity index (χ3n) is 3.14. The molecule has 19 heavy (non-hydrogen) atoms. The highest BCUT2D eigenvalue weighted by molar-refractivity contribution is 5.95. The molecule has 0 radical (unpaired) electrons. The van der Waals surface area contributed by atoms with E-state index in [2.05, 4.69) is 4.98 Å². The molecule has 0 amide bonds. The monoisotopic (exact) mass is 252 g/mol. The molecule has 4 heteroatoms. The highest BCUT2D eigenvalue weighted by atomic mass is 16.4. The van der Waals surface area contributed by atoms with E-state index < -0.39 is 5.97 Å². The van der Waals surface area contributed by atoms with Crippen LogP contribution in [0.3, 0.4) is 0 Å². The summed E-state index contributed by atoms with van der Waals surface area (Å²) in [6.45, 7) is 0. The molecule has 4 nitrogen and oxygen atoms in total. The van der Waals surface area contributed by atoms with Crippen molar-refractivity contribution in [1.82, 2.24) is 4.98 Å². The molecule has 4 N–H and O–H groups in total. The van der Waals surface area contributed by atoms with Gasteiger partial charge in [-0.15, -0.1) is 0 Å². The zero-order valence-electron chi connectivity index (χ0n) is 10.1. The summed E-state index contributed by atoms with van der Waals surface area (Å²) in [5, 5.41) is 11.2. The lowest BCUT2D eigenvalue weighted by atomic mass is 10.1. The number of hydrogen-bond acceptors (Lipinski definition) is 2. The Morgan fingerprint density at radius 2 is 1.79 bits per heavy atom. The summed E-state index contributed by atoms with van der Waals surface area (Å²) < 4.78 is 0. The zero-order valence-corrected chi connectivity index (χ0v) is 10.1. The summed E-state index contributed by atoms with van der Waals surface area (Å²) in [5.74, 6) is -0.851. The third-order valence-corrected chi connectivity index (χ3v) is 3.14. The van der Waals surface area contributed by atoms with Crippen molar-refractivity contribution >= 4 is 22.6 Å². The van der Waals surface area contributed by atoms with Crippen LogP contribution in [-0.4, -0.2) is 16.1 Å². The van der Waals surface area contributed by atoms with Gasteiger partial charge in [0, 0.05) is 5.69 Å². The molecule has 0 aliphatic carbocycles. The normalized spacial score (nSPS) is 10.7. The topological polar surface area (TPSA) is 79.1 Å². The minimum Gasteiger partial charge on any atom is -0.478 e. The number of aromatic nitrogens is 1. The Balaban J connectivity index is 2.13. The van der Waals surface area contributed by atoms with Gasteiger partial charge in [-0.25, -0.2) is 4.79 Å². The summed E-state index contributed by atoms with van der Waals surface area (Å²) >= 11 is 0. The summed E-state index contributed by atoms with van der Waals surface area (Å²) in [7, 11) is 0. The maximum atomic E-state index is 11.0. The number of carboxylic acid groups (broad SMARTS) is 1. The van der Waals surface area contributed by atoms with Crippen LogP contribution in [0.25, 0.3) is 22.0 Å². The van der Waals surface area contributed by atoms with Gasteiger partial charge >= 0.3 is 5.97 Å². The first-order chi connectivity index (χ1) is 9.15. The van der Waals surface area contributed by atoms with E-state index in [-0.39, 0.29) is 11.4 Å². The number of anilines is 1. The second-order valence-corrected chi connectivity index (χ2v) is 4.38. The number of aromatic amines is 1. The predicted molar refractivity (Wildman–Crippen MR) is 75.1 cm³/mol. The number of aromatic carboxylic acids is 1. The number of carbonyl (C=O) groups is 1.